The summed E-state index contributed by atoms with van der Waals surface area (Å²) in [4.78, 5) is 14.7. The second-order valence-corrected chi connectivity index (χ2v) is 6.30. The van der Waals surface area contributed by atoms with E-state index in [4.69, 9.17) is 10.5 Å². The van der Waals surface area contributed by atoms with E-state index in [1.165, 1.54) is 25.7 Å². The third-order valence-corrected chi connectivity index (χ3v) is 5.07. The fraction of sp³-hybridized carbons (Fsp3) is 0.588. The van der Waals surface area contributed by atoms with Gasteiger partial charge in [-0.05, 0) is 36.8 Å². The summed E-state index contributed by atoms with van der Waals surface area (Å²) >= 11 is 0. The van der Waals surface area contributed by atoms with Crippen molar-refractivity contribution in [2.24, 2.45) is 11.8 Å². The number of carbonyl (C=O) groups is 1. The van der Waals surface area contributed by atoms with E-state index in [0.29, 0.717) is 22.9 Å². The van der Waals surface area contributed by atoms with Crippen molar-refractivity contribution in [2.75, 3.05) is 25.9 Å². The average Bonchev–Trinajstić information content (AvgIpc) is 2.53. The second kappa shape index (κ2) is 5.96. The van der Waals surface area contributed by atoms with Gasteiger partial charge in [0, 0.05) is 24.8 Å². The summed E-state index contributed by atoms with van der Waals surface area (Å²) in [6.07, 6.45) is 6.44. The number of piperidine rings is 1. The molecule has 0 bridgehead atoms. The normalized spacial score (nSPS) is 25.3. The highest BCUT2D eigenvalue weighted by molar-refractivity contribution is 5.99. The molecule has 2 N–H and O–H groups in total. The van der Waals surface area contributed by atoms with Gasteiger partial charge in [-0.25, -0.2) is 0 Å². The first-order valence-corrected chi connectivity index (χ1v) is 7.92. The zero-order valence-corrected chi connectivity index (χ0v) is 12.7. The SMILES string of the molecule is COc1ccc(C(=O)N2CCC3CCCCC3C2)c(N)c1. The largest absolute Gasteiger partial charge is 0.497 e. The molecular weight excluding hydrogens is 264 g/mol. The van der Waals surface area contributed by atoms with Gasteiger partial charge in [0.15, 0.2) is 0 Å². The lowest BCUT2D eigenvalue weighted by atomic mass is 9.75. The molecule has 2 aliphatic rings. The van der Waals surface area contributed by atoms with Crippen molar-refractivity contribution in [1.29, 1.82) is 0 Å². The van der Waals surface area contributed by atoms with Crippen molar-refractivity contribution in [3.63, 3.8) is 0 Å². The van der Waals surface area contributed by atoms with Crippen molar-refractivity contribution >= 4 is 11.6 Å². The minimum atomic E-state index is 0.0687. The van der Waals surface area contributed by atoms with Crippen LogP contribution in [-0.4, -0.2) is 31.0 Å². The number of ether oxygens (including phenoxy) is 1. The number of amides is 1. The highest BCUT2D eigenvalue weighted by Crippen LogP contribution is 2.36. The maximum atomic E-state index is 12.7. The molecule has 4 nitrogen and oxygen atoms in total. The maximum absolute atomic E-state index is 12.7. The van der Waals surface area contributed by atoms with Crippen molar-refractivity contribution in [2.45, 2.75) is 32.1 Å². The third kappa shape index (κ3) is 2.85. The molecule has 4 heteroatoms. The molecular formula is C17H24N2O2. The summed E-state index contributed by atoms with van der Waals surface area (Å²) in [6.45, 7) is 1.76. The van der Waals surface area contributed by atoms with E-state index in [-0.39, 0.29) is 5.91 Å². The van der Waals surface area contributed by atoms with Crippen LogP contribution < -0.4 is 10.5 Å². The lowest BCUT2D eigenvalue weighted by molar-refractivity contribution is 0.0522. The summed E-state index contributed by atoms with van der Waals surface area (Å²) in [6, 6.07) is 5.31. The fourth-order valence-corrected chi connectivity index (χ4v) is 3.82. The van der Waals surface area contributed by atoms with Crippen LogP contribution in [0.3, 0.4) is 0 Å². The number of benzene rings is 1. The standard InChI is InChI=1S/C17H24N2O2/c1-21-14-6-7-15(16(18)10-14)17(20)19-9-8-12-4-2-3-5-13(12)11-19/h6-7,10,12-13H,2-5,8-9,11,18H2,1H3. The average molecular weight is 288 g/mol. The Kier molecular flexibility index (Phi) is 4.04. The lowest BCUT2D eigenvalue weighted by Gasteiger charge is -2.41. The first kappa shape index (κ1) is 14.2. The third-order valence-electron chi connectivity index (χ3n) is 5.07. The molecule has 1 aromatic carbocycles. The van der Waals surface area contributed by atoms with E-state index in [9.17, 15) is 4.79 Å². The van der Waals surface area contributed by atoms with E-state index >= 15 is 0 Å². The molecule has 21 heavy (non-hydrogen) atoms. The van der Waals surface area contributed by atoms with Gasteiger partial charge in [0.1, 0.15) is 5.75 Å². The number of likely N-dealkylation sites (tertiary alicyclic amines) is 1. The number of rotatable bonds is 2. The smallest absolute Gasteiger partial charge is 0.255 e. The highest BCUT2D eigenvalue weighted by Gasteiger charge is 2.33. The van der Waals surface area contributed by atoms with Crippen LogP contribution in [0, 0.1) is 11.8 Å². The molecule has 1 aromatic rings. The van der Waals surface area contributed by atoms with Gasteiger partial charge in [-0.1, -0.05) is 19.3 Å². The van der Waals surface area contributed by atoms with E-state index in [2.05, 4.69) is 0 Å². The Morgan fingerprint density at radius 1 is 1.24 bits per heavy atom. The van der Waals surface area contributed by atoms with E-state index in [1.807, 2.05) is 4.90 Å². The molecule has 1 amide bonds. The molecule has 1 saturated heterocycles. The molecule has 0 aromatic heterocycles. The number of nitrogens with two attached hydrogens (primary N) is 1. The molecule has 114 valence electrons. The van der Waals surface area contributed by atoms with Gasteiger partial charge >= 0.3 is 0 Å². The van der Waals surface area contributed by atoms with Crippen LogP contribution in [0.5, 0.6) is 5.75 Å². The van der Waals surface area contributed by atoms with Crippen LogP contribution in [0.25, 0.3) is 0 Å². The Hall–Kier alpha value is -1.71. The molecule has 0 spiro atoms. The monoisotopic (exact) mass is 288 g/mol. The Morgan fingerprint density at radius 2 is 2.00 bits per heavy atom. The molecule has 3 rings (SSSR count). The molecule has 1 saturated carbocycles. The van der Waals surface area contributed by atoms with Gasteiger partial charge in [0.2, 0.25) is 0 Å². The minimum Gasteiger partial charge on any atom is -0.497 e. The van der Waals surface area contributed by atoms with Crippen LogP contribution in [0.15, 0.2) is 18.2 Å². The van der Waals surface area contributed by atoms with E-state index in [1.54, 1.807) is 25.3 Å². The predicted octanol–water partition coefficient (Wildman–Crippen LogP) is 2.93. The molecule has 1 heterocycles. The van der Waals surface area contributed by atoms with Crippen molar-refractivity contribution < 1.29 is 9.53 Å². The summed E-state index contributed by atoms with van der Waals surface area (Å²) in [5.41, 5.74) is 7.12. The number of nitrogen functional groups attached to an aromatic ring is 1. The number of methoxy groups -OCH3 is 1. The predicted molar refractivity (Wildman–Crippen MR) is 83.4 cm³/mol. The second-order valence-electron chi connectivity index (χ2n) is 6.30. The zero-order chi connectivity index (χ0) is 14.8. The Labute approximate surface area is 126 Å². The summed E-state index contributed by atoms with van der Waals surface area (Å²) in [5.74, 6) is 2.28. The molecule has 2 fully saturated rings. The molecule has 0 radical (unpaired) electrons. The van der Waals surface area contributed by atoms with E-state index < -0.39 is 0 Å². The molecule has 2 unspecified atom stereocenters. The van der Waals surface area contributed by atoms with Crippen LogP contribution in [-0.2, 0) is 0 Å². The number of anilines is 1. The Bertz CT molecular complexity index is 530. The topological polar surface area (TPSA) is 55.6 Å². The van der Waals surface area contributed by atoms with Crippen LogP contribution >= 0.6 is 0 Å². The minimum absolute atomic E-state index is 0.0687. The number of carbonyl (C=O) groups excluding carboxylic acids is 1. The van der Waals surface area contributed by atoms with Gasteiger partial charge in [-0.15, -0.1) is 0 Å². The number of hydrogen-bond acceptors (Lipinski definition) is 3. The van der Waals surface area contributed by atoms with E-state index in [0.717, 1.165) is 25.4 Å². The van der Waals surface area contributed by atoms with Gasteiger partial charge < -0.3 is 15.4 Å². The van der Waals surface area contributed by atoms with Gasteiger partial charge in [-0.3, -0.25) is 4.79 Å². The molecule has 1 aliphatic carbocycles. The number of hydrogen-bond donors (Lipinski definition) is 1. The van der Waals surface area contributed by atoms with Crippen LogP contribution in [0.2, 0.25) is 0 Å². The van der Waals surface area contributed by atoms with Crippen molar-refractivity contribution in [3.05, 3.63) is 23.8 Å². The Morgan fingerprint density at radius 3 is 2.71 bits per heavy atom. The number of fused-ring (bicyclic) bond motifs is 1. The van der Waals surface area contributed by atoms with Crippen molar-refractivity contribution in [1.82, 2.24) is 4.90 Å². The fourth-order valence-electron chi connectivity index (χ4n) is 3.82. The maximum Gasteiger partial charge on any atom is 0.255 e. The summed E-state index contributed by atoms with van der Waals surface area (Å²) in [7, 11) is 1.60. The Balaban J connectivity index is 1.73. The zero-order valence-electron chi connectivity index (χ0n) is 12.7. The number of nitrogens with zero attached hydrogens (tertiary/aromatic N) is 1. The van der Waals surface area contributed by atoms with Gasteiger partial charge in [-0.2, -0.15) is 0 Å². The van der Waals surface area contributed by atoms with Gasteiger partial charge in [0.05, 0.1) is 12.7 Å². The summed E-state index contributed by atoms with van der Waals surface area (Å²) < 4.78 is 5.14. The van der Waals surface area contributed by atoms with Crippen LogP contribution in [0.4, 0.5) is 5.69 Å². The molecule has 2 atom stereocenters. The lowest BCUT2D eigenvalue weighted by Crippen LogP contribution is -2.44. The first-order valence-electron chi connectivity index (χ1n) is 7.92. The first-order chi connectivity index (χ1) is 10.2. The van der Waals surface area contributed by atoms with Crippen LogP contribution in [0.1, 0.15) is 42.5 Å². The highest BCUT2D eigenvalue weighted by atomic mass is 16.5. The van der Waals surface area contributed by atoms with Crippen molar-refractivity contribution in [3.8, 4) is 5.75 Å². The van der Waals surface area contributed by atoms with Gasteiger partial charge in [0.25, 0.3) is 5.91 Å². The quantitative estimate of drug-likeness (QED) is 0.851. The molecule has 1 aliphatic heterocycles. The summed E-state index contributed by atoms with van der Waals surface area (Å²) in [5, 5.41) is 0.